The molecule has 0 aromatic heterocycles. The first kappa shape index (κ1) is 20.2. The first-order chi connectivity index (χ1) is 14.2. The van der Waals surface area contributed by atoms with Crippen LogP contribution in [0, 0.1) is 46.8 Å². The standard InChI is InChI=1S/C26H33NO2/c1-2-18-3-6-24-16-23(12-11-22(24)15-18)20-7-9-21(10-8-20)26(28)29-25-13-4-19(17-27)5-14-25/h2,4-5,13-14,18,20-24H,1,3,6-12,15-16H2. The molecule has 1 aromatic carbocycles. The molecule has 1 aromatic rings. The molecule has 0 spiro atoms. The maximum atomic E-state index is 12.6. The van der Waals surface area contributed by atoms with Crippen LogP contribution >= 0.6 is 0 Å². The van der Waals surface area contributed by atoms with Gasteiger partial charge in [0, 0.05) is 0 Å². The smallest absolute Gasteiger partial charge is 0.314 e. The van der Waals surface area contributed by atoms with Crippen LogP contribution < -0.4 is 4.74 Å². The number of nitrogens with zero attached hydrogens (tertiary/aromatic N) is 1. The zero-order valence-electron chi connectivity index (χ0n) is 17.4. The maximum Gasteiger partial charge on any atom is 0.314 e. The van der Waals surface area contributed by atoms with E-state index >= 15 is 0 Å². The number of nitriles is 1. The molecule has 29 heavy (non-hydrogen) atoms. The quantitative estimate of drug-likeness (QED) is 0.344. The molecule has 0 bridgehead atoms. The average Bonchev–Trinajstić information content (AvgIpc) is 2.79. The molecule has 0 N–H and O–H groups in total. The van der Waals surface area contributed by atoms with Crippen molar-refractivity contribution in [1.29, 1.82) is 5.26 Å². The molecular weight excluding hydrogens is 358 g/mol. The van der Waals surface area contributed by atoms with Gasteiger partial charge in [-0.15, -0.1) is 6.58 Å². The minimum atomic E-state index is -0.0976. The van der Waals surface area contributed by atoms with E-state index in [1.165, 1.54) is 51.4 Å². The zero-order valence-corrected chi connectivity index (χ0v) is 17.4. The summed E-state index contributed by atoms with van der Waals surface area (Å²) >= 11 is 0. The van der Waals surface area contributed by atoms with Crippen molar-refractivity contribution >= 4 is 5.97 Å². The summed E-state index contributed by atoms with van der Waals surface area (Å²) in [5.74, 6) is 4.76. The highest BCUT2D eigenvalue weighted by molar-refractivity contribution is 5.75. The summed E-state index contributed by atoms with van der Waals surface area (Å²) in [5, 5.41) is 8.87. The van der Waals surface area contributed by atoms with Crippen LogP contribution in [0.3, 0.4) is 0 Å². The number of hydrogen-bond acceptors (Lipinski definition) is 3. The minimum Gasteiger partial charge on any atom is -0.426 e. The number of allylic oxidation sites excluding steroid dienone is 1. The van der Waals surface area contributed by atoms with E-state index in [0.717, 1.165) is 42.4 Å². The van der Waals surface area contributed by atoms with Crippen molar-refractivity contribution in [2.45, 2.75) is 64.2 Å². The van der Waals surface area contributed by atoms with Crippen molar-refractivity contribution in [1.82, 2.24) is 0 Å². The van der Waals surface area contributed by atoms with Crippen LogP contribution in [0.25, 0.3) is 0 Å². The van der Waals surface area contributed by atoms with E-state index in [9.17, 15) is 4.79 Å². The Morgan fingerprint density at radius 1 is 0.897 bits per heavy atom. The molecule has 3 aliphatic carbocycles. The SMILES string of the molecule is C=CC1CCC2CC(C3CCC(C(=O)Oc4ccc(C#N)cc4)CC3)CCC2C1. The number of hydrogen-bond donors (Lipinski definition) is 0. The van der Waals surface area contributed by atoms with Crippen LogP contribution in [0.1, 0.15) is 69.8 Å². The number of esters is 1. The van der Waals surface area contributed by atoms with Crippen LogP contribution in [-0.4, -0.2) is 5.97 Å². The molecule has 154 valence electrons. The van der Waals surface area contributed by atoms with Crippen LogP contribution in [0.4, 0.5) is 0 Å². The molecule has 0 radical (unpaired) electrons. The average molecular weight is 392 g/mol. The topological polar surface area (TPSA) is 50.1 Å². The lowest BCUT2D eigenvalue weighted by molar-refractivity contribution is -0.140. The summed E-state index contributed by atoms with van der Waals surface area (Å²) in [6, 6.07) is 8.89. The van der Waals surface area contributed by atoms with Crippen LogP contribution in [0.15, 0.2) is 36.9 Å². The fourth-order valence-corrected chi connectivity index (χ4v) is 6.23. The monoisotopic (exact) mass is 391 g/mol. The first-order valence-corrected chi connectivity index (χ1v) is 11.5. The highest BCUT2D eigenvalue weighted by Gasteiger charge is 2.39. The van der Waals surface area contributed by atoms with E-state index in [4.69, 9.17) is 10.00 Å². The third kappa shape index (κ3) is 4.74. The zero-order chi connectivity index (χ0) is 20.2. The maximum absolute atomic E-state index is 12.6. The van der Waals surface area contributed by atoms with Crippen LogP contribution in [-0.2, 0) is 4.79 Å². The van der Waals surface area contributed by atoms with Gasteiger partial charge in [0.25, 0.3) is 0 Å². The van der Waals surface area contributed by atoms with Crippen molar-refractivity contribution < 1.29 is 9.53 Å². The molecule has 3 aliphatic rings. The fourth-order valence-electron chi connectivity index (χ4n) is 6.23. The number of benzene rings is 1. The molecule has 0 amide bonds. The van der Waals surface area contributed by atoms with Crippen molar-refractivity contribution in [3.05, 3.63) is 42.5 Å². The Morgan fingerprint density at radius 3 is 2.14 bits per heavy atom. The third-order valence-corrected chi connectivity index (χ3v) is 8.00. The Hall–Kier alpha value is -2.08. The molecule has 3 nitrogen and oxygen atoms in total. The van der Waals surface area contributed by atoms with Crippen molar-refractivity contribution in [3.8, 4) is 11.8 Å². The number of carbonyl (C=O) groups excluding carboxylic acids is 1. The van der Waals surface area contributed by atoms with Crippen molar-refractivity contribution in [2.24, 2.45) is 35.5 Å². The Kier molecular flexibility index (Phi) is 6.38. The van der Waals surface area contributed by atoms with E-state index in [-0.39, 0.29) is 11.9 Å². The second-order valence-electron chi connectivity index (χ2n) is 9.57. The molecule has 3 saturated carbocycles. The molecule has 4 unspecified atom stereocenters. The molecular formula is C26H33NO2. The van der Waals surface area contributed by atoms with Gasteiger partial charge in [-0.2, -0.15) is 5.26 Å². The predicted molar refractivity (Wildman–Crippen MR) is 114 cm³/mol. The van der Waals surface area contributed by atoms with Gasteiger partial charge in [0.15, 0.2) is 0 Å². The largest absolute Gasteiger partial charge is 0.426 e. The lowest BCUT2D eigenvalue weighted by Gasteiger charge is -2.45. The van der Waals surface area contributed by atoms with Gasteiger partial charge in [0.1, 0.15) is 5.75 Å². The van der Waals surface area contributed by atoms with E-state index in [0.29, 0.717) is 11.3 Å². The Morgan fingerprint density at radius 2 is 1.48 bits per heavy atom. The van der Waals surface area contributed by atoms with E-state index < -0.39 is 0 Å². The second-order valence-corrected chi connectivity index (χ2v) is 9.57. The summed E-state index contributed by atoms with van der Waals surface area (Å²) in [6.07, 6.45) is 14.8. The molecule has 0 heterocycles. The summed E-state index contributed by atoms with van der Waals surface area (Å²) in [7, 11) is 0. The lowest BCUT2D eigenvalue weighted by Crippen LogP contribution is -2.35. The van der Waals surface area contributed by atoms with Crippen LogP contribution in [0.5, 0.6) is 5.75 Å². The molecule has 3 heteroatoms. The van der Waals surface area contributed by atoms with Crippen molar-refractivity contribution in [3.63, 3.8) is 0 Å². The number of ether oxygens (including phenoxy) is 1. The highest BCUT2D eigenvalue weighted by Crippen LogP contribution is 2.49. The number of fused-ring (bicyclic) bond motifs is 1. The molecule has 0 aliphatic heterocycles. The molecule has 0 saturated heterocycles. The van der Waals surface area contributed by atoms with Crippen molar-refractivity contribution in [2.75, 3.05) is 0 Å². The van der Waals surface area contributed by atoms with Gasteiger partial charge in [-0.1, -0.05) is 6.08 Å². The third-order valence-electron chi connectivity index (χ3n) is 8.00. The van der Waals surface area contributed by atoms with Gasteiger partial charge in [-0.3, -0.25) is 4.79 Å². The Labute approximate surface area is 175 Å². The summed E-state index contributed by atoms with van der Waals surface area (Å²) < 4.78 is 5.57. The normalized spacial score (nSPS) is 34.4. The van der Waals surface area contributed by atoms with Gasteiger partial charge in [-0.25, -0.2) is 0 Å². The first-order valence-electron chi connectivity index (χ1n) is 11.5. The van der Waals surface area contributed by atoms with E-state index in [2.05, 4.69) is 18.7 Å². The Balaban J connectivity index is 1.24. The van der Waals surface area contributed by atoms with E-state index in [1.807, 2.05) is 0 Å². The molecule has 3 fully saturated rings. The highest BCUT2D eigenvalue weighted by atomic mass is 16.5. The second kappa shape index (κ2) is 9.16. The van der Waals surface area contributed by atoms with Gasteiger partial charge in [-0.05, 0) is 118 Å². The van der Waals surface area contributed by atoms with Crippen LogP contribution in [0.2, 0.25) is 0 Å². The minimum absolute atomic E-state index is 0.0289. The fraction of sp³-hybridized carbons (Fsp3) is 0.615. The number of carbonyl (C=O) groups is 1. The van der Waals surface area contributed by atoms with Gasteiger partial charge < -0.3 is 4.74 Å². The van der Waals surface area contributed by atoms with Gasteiger partial charge >= 0.3 is 5.97 Å². The molecule has 4 rings (SSSR count). The lowest BCUT2D eigenvalue weighted by atomic mass is 9.61. The number of rotatable bonds is 4. The predicted octanol–water partition coefficient (Wildman–Crippen LogP) is 6.29. The van der Waals surface area contributed by atoms with Gasteiger partial charge in [0.05, 0.1) is 17.6 Å². The summed E-state index contributed by atoms with van der Waals surface area (Å²) in [5.41, 5.74) is 0.581. The summed E-state index contributed by atoms with van der Waals surface area (Å²) in [6.45, 7) is 4.02. The Bertz CT molecular complexity index is 754. The van der Waals surface area contributed by atoms with Gasteiger partial charge in [0.2, 0.25) is 0 Å². The summed E-state index contributed by atoms with van der Waals surface area (Å²) in [4.78, 5) is 12.6. The van der Waals surface area contributed by atoms with E-state index in [1.54, 1.807) is 24.3 Å². The molecule has 4 atom stereocenters.